The fourth-order valence-corrected chi connectivity index (χ4v) is 3.94. The SMILES string of the molecule is Cl.NC(Cc1ccc(OCc2ccccc2)cc1)C(=O)NC(Cc1ccccc1)C(=O)ON1C(=O)CCC1=O. The molecule has 1 aliphatic heterocycles. The number of hydrogen-bond donors (Lipinski definition) is 2. The second kappa shape index (κ2) is 14.1. The molecule has 2 unspecified atom stereocenters. The van der Waals surface area contributed by atoms with E-state index in [-0.39, 0.29) is 38.1 Å². The monoisotopic (exact) mass is 551 g/mol. The van der Waals surface area contributed by atoms with Gasteiger partial charge in [0.2, 0.25) is 5.91 Å². The molecule has 0 radical (unpaired) electrons. The zero-order valence-electron chi connectivity index (χ0n) is 21.2. The van der Waals surface area contributed by atoms with Crippen molar-refractivity contribution in [3.63, 3.8) is 0 Å². The maximum atomic E-state index is 12.9. The number of nitrogens with zero attached hydrogens (tertiary/aromatic N) is 1. The predicted octanol–water partition coefficient (Wildman–Crippen LogP) is 2.89. The lowest BCUT2D eigenvalue weighted by Crippen LogP contribution is -2.51. The molecule has 1 fully saturated rings. The number of carbonyl (C=O) groups excluding carboxylic acids is 4. The number of hydrogen-bond acceptors (Lipinski definition) is 7. The highest BCUT2D eigenvalue weighted by Gasteiger charge is 2.35. The van der Waals surface area contributed by atoms with Crippen molar-refractivity contribution >= 4 is 36.1 Å². The van der Waals surface area contributed by atoms with Gasteiger partial charge >= 0.3 is 5.97 Å². The van der Waals surface area contributed by atoms with E-state index in [0.717, 1.165) is 16.7 Å². The summed E-state index contributed by atoms with van der Waals surface area (Å²) in [6.07, 6.45) is 0.272. The predicted molar refractivity (Wildman–Crippen MR) is 145 cm³/mol. The number of carbonyl (C=O) groups is 4. The van der Waals surface area contributed by atoms with Gasteiger partial charge in [0, 0.05) is 19.3 Å². The van der Waals surface area contributed by atoms with Crippen LogP contribution in [0.2, 0.25) is 0 Å². The molecule has 204 valence electrons. The lowest BCUT2D eigenvalue weighted by atomic mass is 10.0. The number of rotatable bonds is 11. The Morgan fingerprint density at radius 1 is 0.795 bits per heavy atom. The highest BCUT2D eigenvalue weighted by molar-refractivity contribution is 6.02. The van der Waals surface area contributed by atoms with Gasteiger partial charge in [-0.2, -0.15) is 0 Å². The van der Waals surface area contributed by atoms with Gasteiger partial charge in [-0.15, -0.1) is 17.5 Å². The van der Waals surface area contributed by atoms with Gasteiger partial charge in [0.05, 0.1) is 6.04 Å². The summed E-state index contributed by atoms with van der Waals surface area (Å²) < 4.78 is 5.79. The van der Waals surface area contributed by atoms with Crippen molar-refractivity contribution in [2.24, 2.45) is 5.73 Å². The summed E-state index contributed by atoms with van der Waals surface area (Å²) in [6, 6.07) is 24.0. The fourth-order valence-electron chi connectivity index (χ4n) is 3.94. The van der Waals surface area contributed by atoms with Gasteiger partial charge < -0.3 is 20.6 Å². The van der Waals surface area contributed by atoms with Crippen LogP contribution in [-0.4, -0.2) is 40.8 Å². The van der Waals surface area contributed by atoms with Crippen LogP contribution in [0, 0.1) is 0 Å². The standard InChI is InChI=1S/C29H29N3O6.ClH/c30-24(17-21-11-13-23(14-12-21)37-19-22-9-5-2-6-10-22)28(35)31-25(18-20-7-3-1-4-8-20)29(36)38-32-26(33)15-16-27(32)34;/h1-14,24-25H,15-19,30H2,(H,31,35);1H. The zero-order valence-corrected chi connectivity index (χ0v) is 22.0. The molecule has 2 atom stereocenters. The fraction of sp³-hybridized carbons (Fsp3) is 0.241. The first kappa shape index (κ1) is 29.3. The van der Waals surface area contributed by atoms with E-state index in [1.165, 1.54) is 0 Å². The van der Waals surface area contributed by atoms with E-state index in [1.807, 2.05) is 60.7 Å². The Morgan fingerprint density at radius 2 is 1.33 bits per heavy atom. The van der Waals surface area contributed by atoms with E-state index >= 15 is 0 Å². The molecule has 1 aliphatic rings. The molecule has 0 aliphatic carbocycles. The Morgan fingerprint density at radius 3 is 1.92 bits per heavy atom. The molecule has 0 bridgehead atoms. The van der Waals surface area contributed by atoms with E-state index in [0.29, 0.717) is 17.4 Å². The summed E-state index contributed by atoms with van der Waals surface area (Å²) >= 11 is 0. The van der Waals surface area contributed by atoms with Crippen molar-refractivity contribution in [2.45, 2.75) is 44.4 Å². The second-order valence-corrected chi connectivity index (χ2v) is 8.97. The summed E-state index contributed by atoms with van der Waals surface area (Å²) in [7, 11) is 0. The number of imide groups is 1. The molecule has 0 spiro atoms. The van der Waals surface area contributed by atoms with Crippen LogP contribution in [0.5, 0.6) is 5.75 Å². The van der Waals surface area contributed by atoms with Gasteiger partial charge in [-0.25, -0.2) is 4.79 Å². The van der Waals surface area contributed by atoms with Crippen LogP contribution in [0.1, 0.15) is 29.5 Å². The van der Waals surface area contributed by atoms with Gasteiger partial charge in [-0.1, -0.05) is 72.8 Å². The molecule has 0 aromatic heterocycles. The molecule has 3 aromatic carbocycles. The Bertz CT molecular complexity index is 1260. The molecule has 1 heterocycles. The lowest BCUT2D eigenvalue weighted by Gasteiger charge is -2.22. The molecule has 0 saturated carbocycles. The Kier molecular flexibility index (Phi) is 10.6. The van der Waals surface area contributed by atoms with Crippen LogP contribution >= 0.6 is 12.4 Å². The lowest BCUT2D eigenvalue weighted by molar-refractivity contribution is -0.199. The Labute approximate surface area is 232 Å². The molecule has 3 N–H and O–H groups in total. The Balaban J connectivity index is 0.00000420. The average Bonchev–Trinajstić information content (AvgIpc) is 3.25. The Hall–Kier alpha value is -4.21. The van der Waals surface area contributed by atoms with Gasteiger partial charge in [0.1, 0.15) is 18.4 Å². The number of hydroxylamine groups is 2. The van der Waals surface area contributed by atoms with E-state index in [9.17, 15) is 19.2 Å². The van der Waals surface area contributed by atoms with Crippen molar-refractivity contribution in [3.05, 3.63) is 102 Å². The van der Waals surface area contributed by atoms with Crippen LogP contribution in [0.15, 0.2) is 84.9 Å². The number of halogens is 1. The van der Waals surface area contributed by atoms with Crippen LogP contribution in [0.4, 0.5) is 0 Å². The van der Waals surface area contributed by atoms with Crippen molar-refractivity contribution in [1.29, 1.82) is 0 Å². The van der Waals surface area contributed by atoms with Gasteiger partial charge in [0.25, 0.3) is 11.8 Å². The maximum Gasteiger partial charge on any atom is 0.355 e. The van der Waals surface area contributed by atoms with Crippen molar-refractivity contribution < 1.29 is 28.8 Å². The number of ether oxygens (including phenoxy) is 1. The zero-order chi connectivity index (χ0) is 26.9. The van der Waals surface area contributed by atoms with Crippen LogP contribution in [0.3, 0.4) is 0 Å². The minimum absolute atomic E-state index is 0. The summed E-state index contributed by atoms with van der Waals surface area (Å²) in [5.41, 5.74) is 8.78. The molecular formula is C29H30ClN3O6. The van der Waals surface area contributed by atoms with Crippen molar-refractivity contribution in [3.8, 4) is 5.75 Å². The first-order valence-corrected chi connectivity index (χ1v) is 12.3. The molecule has 10 heteroatoms. The van der Waals surface area contributed by atoms with Crippen molar-refractivity contribution in [1.82, 2.24) is 10.4 Å². The quantitative estimate of drug-likeness (QED) is 0.351. The highest BCUT2D eigenvalue weighted by Crippen LogP contribution is 2.16. The topological polar surface area (TPSA) is 128 Å². The van der Waals surface area contributed by atoms with Gasteiger partial charge in [-0.05, 0) is 35.2 Å². The number of amides is 3. The van der Waals surface area contributed by atoms with Crippen LogP contribution in [0.25, 0.3) is 0 Å². The molecular weight excluding hydrogens is 522 g/mol. The smallest absolute Gasteiger partial charge is 0.355 e. The highest BCUT2D eigenvalue weighted by atomic mass is 35.5. The average molecular weight is 552 g/mol. The van der Waals surface area contributed by atoms with E-state index in [2.05, 4.69) is 5.32 Å². The van der Waals surface area contributed by atoms with E-state index in [4.69, 9.17) is 15.3 Å². The molecule has 9 nitrogen and oxygen atoms in total. The summed E-state index contributed by atoms with van der Waals surface area (Å²) in [6.45, 7) is 0.440. The number of nitrogens with one attached hydrogen (secondary N) is 1. The molecule has 39 heavy (non-hydrogen) atoms. The minimum atomic E-state index is -1.15. The summed E-state index contributed by atoms with van der Waals surface area (Å²) in [4.78, 5) is 54.6. The summed E-state index contributed by atoms with van der Waals surface area (Å²) in [5.74, 6) is -1.99. The maximum absolute atomic E-state index is 12.9. The second-order valence-electron chi connectivity index (χ2n) is 8.97. The van der Waals surface area contributed by atoms with Crippen molar-refractivity contribution in [2.75, 3.05) is 0 Å². The third kappa shape index (κ3) is 8.39. The van der Waals surface area contributed by atoms with E-state index in [1.54, 1.807) is 24.3 Å². The van der Waals surface area contributed by atoms with E-state index < -0.39 is 35.8 Å². The van der Waals surface area contributed by atoms with Crippen LogP contribution in [-0.2, 0) is 43.5 Å². The number of benzene rings is 3. The third-order valence-corrected chi connectivity index (χ3v) is 6.03. The van der Waals surface area contributed by atoms with Crippen LogP contribution < -0.4 is 15.8 Å². The molecule has 3 amide bonds. The molecule has 1 saturated heterocycles. The minimum Gasteiger partial charge on any atom is -0.489 e. The third-order valence-electron chi connectivity index (χ3n) is 6.03. The summed E-state index contributed by atoms with van der Waals surface area (Å²) in [5, 5.41) is 3.09. The van der Waals surface area contributed by atoms with Gasteiger partial charge in [-0.3, -0.25) is 14.4 Å². The number of nitrogens with two attached hydrogens (primary N) is 1. The largest absolute Gasteiger partial charge is 0.489 e. The normalized spacial score (nSPS) is 14.2. The van der Waals surface area contributed by atoms with Gasteiger partial charge in [0.15, 0.2) is 0 Å². The first-order valence-electron chi connectivity index (χ1n) is 12.3. The first-order chi connectivity index (χ1) is 18.4. The molecule has 4 rings (SSSR count). The molecule has 3 aromatic rings.